The normalized spacial score (nSPS) is 14.2. The minimum atomic E-state index is 0.114. The number of hydrogen-bond acceptors (Lipinski definition) is 3. The first kappa shape index (κ1) is 26.4. The second-order valence-electron chi connectivity index (χ2n) is 10.7. The van der Waals surface area contributed by atoms with Crippen LogP contribution in [0.2, 0.25) is 0 Å². The molecule has 192 valence electrons. The lowest BCUT2D eigenvalue weighted by atomic mass is 9.94. The Kier molecular flexibility index (Phi) is 9.20. The Labute approximate surface area is 218 Å². The van der Waals surface area contributed by atoms with Crippen molar-refractivity contribution in [1.29, 1.82) is 0 Å². The van der Waals surface area contributed by atoms with Crippen LogP contribution in [0.5, 0.6) is 5.75 Å². The molecule has 0 amide bonds. The van der Waals surface area contributed by atoms with Gasteiger partial charge >= 0.3 is 0 Å². The fourth-order valence-corrected chi connectivity index (χ4v) is 5.73. The summed E-state index contributed by atoms with van der Waals surface area (Å²) in [5, 5.41) is 0. The number of nitrogens with zero attached hydrogens (tertiary/aromatic N) is 2. The van der Waals surface area contributed by atoms with Gasteiger partial charge in [0.25, 0.3) is 0 Å². The molecule has 3 aromatic rings. The minimum Gasteiger partial charge on any atom is -0.491 e. The fourth-order valence-electron chi connectivity index (χ4n) is 5.73. The predicted octanol–water partition coefficient (Wildman–Crippen LogP) is 8.16. The zero-order chi connectivity index (χ0) is 25.5. The molecule has 1 aromatic heterocycles. The van der Waals surface area contributed by atoms with Crippen LogP contribution in [0.25, 0.3) is 11.3 Å². The first-order chi connectivity index (χ1) is 17.5. The molecular weight excluding hydrogens is 440 g/mol. The lowest BCUT2D eigenvalue weighted by Gasteiger charge is -2.28. The van der Waals surface area contributed by atoms with Crippen LogP contribution in [0.15, 0.2) is 54.6 Å². The van der Waals surface area contributed by atoms with Gasteiger partial charge in [0, 0.05) is 42.5 Å². The summed E-state index contributed by atoms with van der Waals surface area (Å²) >= 11 is 0. The number of aryl methyl sites for hydroxylation is 3. The van der Waals surface area contributed by atoms with E-state index in [1.54, 1.807) is 0 Å². The highest BCUT2D eigenvalue weighted by atomic mass is 16.5. The summed E-state index contributed by atoms with van der Waals surface area (Å²) in [4.78, 5) is 7.84. The Hall–Kier alpha value is -2.65. The predicted molar refractivity (Wildman–Crippen MR) is 151 cm³/mol. The van der Waals surface area contributed by atoms with Gasteiger partial charge in [0.1, 0.15) is 5.75 Å². The van der Waals surface area contributed by atoms with Crippen molar-refractivity contribution in [2.24, 2.45) is 5.92 Å². The summed E-state index contributed by atoms with van der Waals surface area (Å²) in [6, 6.07) is 19.8. The third kappa shape index (κ3) is 6.56. The number of ether oxygens (including phenoxy) is 1. The van der Waals surface area contributed by atoms with E-state index in [1.165, 1.54) is 53.5 Å². The van der Waals surface area contributed by atoms with Gasteiger partial charge < -0.3 is 4.74 Å². The van der Waals surface area contributed by atoms with E-state index >= 15 is 0 Å². The SMILES string of the molecule is CCc1cccc(CC)c1-c1cc(OC(C)C)c(CN(Cc2ccccc2)CC2CCCC2)c(C)n1. The van der Waals surface area contributed by atoms with Gasteiger partial charge in [-0.3, -0.25) is 9.88 Å². The van der Waals surface area contributed by atoms with Crippen LogP contribution in [0.1, 0.15) is 81.3 Å². The van der Waals surface area contributed by atoms with E-state index in [9.17, 15) is 0 Å². The summed E-state index contributed by atoms with van der Waals surface area (Å²) in [6.45, 7) is 13.8. The maximum Gasteiger partial charge on any atom is 0.128 e. The van der Waals surface area contributed by atoms with Crippen LogP contribution in [0.4, 0.5) is 0 Å². The molecule has 3 nitrogen and oxygen atoms in total. The van der Waals surface area contributed by atoms with Gasteiger partial charge in [0.05, 0.1) is 11.8 Å². The van der Waals surface area contributed by atoms with E-state index in [-0.39, 0.29) is 6.10 Å². The molecule has 0 atom stereocenters. The Balaban J connectivity index is 1.72. The van der Waals surface area contributed by atoms with Crippen molar-refractivity contribution >= 4 is 0 Å². The summed E-state index contributed by atoms with van der Waals surface area (Å²) < 4.78 is 6.49. The molecule has 0 unspecified atom stereocenters. The average molecular weight is 485 g/mol. The van der Waals surface area contributed by atoms with Crippen LogP contribution >= 0.6 is 0 Å². The first-order valence-electron chi connectivity index (χ1n) is 14.0. The summed E-state index contributed by atoms with van der Waals surface area (Å²) in [5.41, 5.74) is 8.74. The molecule has 0 bridgehead atoms. The summed E-state index contributed by atoms with van der Waals surface area (Å²) in [5.74, 6) is 1.78. The van der Waals surface area contributed by atoms with Gasteiger partial charge in [0.2, 0.25) is 0 Å². The van der Waals surface area contributed by atoms with E-state index in [0.717, 1.165) is 55.5 Å². The standard InChI is InChI=1S/C33H44N2O/c1-6-28-18-13-19-29(7-2)33(28)31-20-32(36-24(3)4)30(25(5)34-31)23-35(22-27-16-11-12-17-27)21-26-14-9-8-10-15-26/h8-10,13-15,18-20,24,27H,6-7,11-12,16-17,21-23H2,1-5H3. The topological polar surface area (TPSA) is 25.4 Å². The minimum absolute atomic E-state index is 0.114. The van der Waals surface area contributed by atoms with Crippen LogP contribution in [-0.2, 0) is 25.9 Å². The molecule has 1 aliphatic rings. The molecule has 2 aromatic carbocycles. The van der Waals surface area contributed by atoms with Crippen LogP contribution in [0.3, 0.4) is 0 Å². The highest BCUT2D eigenvalue weighted by Crippen LogP contribution is 2.35. The fraction of sp³-hybridized carbons (Fsp3) is 0.485. The van der Waals surface area contributed by atoms with Crippen LogP contribution in [0, 0.1) is 12.8 Å². The van der Waals surface area contributed by atoms with Crippen molar-refractivity contribution in [1.82, 2.24) is 9.88 Å². The highest BCUT2D eigenvalue weighted by molar-refractivity contribution is 5.70. The van der Waals surface area contributed by atoms with Crippen LogP contribution < -0.4 is 4.74 Å². The zero-order valence-corrected chi connectivity index (χ0v) is 23.0. The second-order valence-corrected chi connectivity index (χ2v) is 10.7. The zero-order valence-electron chi connectivity index (χ0n) is 23.0. The number of hydrogen-bond donors (Lipinski definition) is 0. The lowest BCUT2D eigenvalue weighted by Crippen LogP contribution is -2.29. The Morgan fingerprint density at radius 1 is 0.917 bits per heavy atom. The van der Waals surface area contributed by atoms with E-state index in [1.807, 2.05) is 0 Å². The lowest BCUT2D eigenvalue weighted by molar-refractivity contribution is 0.202. The summed E-state index contributed by atoms with van der Waals surface area (Å²) in [6.07, 6.45) is 7.56. The molecule has 1 heterocycles. The first-order valence-corrected chi connectivity index (χ1v) is 14.0. The van der Waals surface area contributed by atoms with Crippen LogP contribution in [-0.4, -0.2) is 22.5 Å². The number of benzene rings is 2. The largest absolute Gasteiger partial charge is 0.491 e. The quantitative estimate of drug-likeness (QED) is 0.274. The van der Waals surface area contributed by atoms with Gasteiger partial charge in [-0.25, -0.2) is 0 Å². The van der Waals surface area contributed by atoms with Crippen molar-refractivity contribution in [2.75, 3.05) is 6.54 Å². The van der Waals surface area contributed by atoms with E-state index in [0.29, 0.717) is 0 Å². The maximum atomic E-state index is 6.49. The third-order valence-corrected chi connectivity index (χ3v) is 7.53. The van der Waals surface area contributed by atoms with Crippen molar-refractivity contribution < 1.29 is 4.74 Å². The van der Waals surface area contributed by atoms with Crippen molar-refractivity contribution in [2.45, 2.75) is 92.3 Å². The molecule has 0 spiro atoms. The molecule has 1 fully saturated rings. The Morgan fingerprint density at radius 3 is 2.19 bits per heavy atom. The van der Waals surface area contributed by atoms with E-state index in [2.05, 4.69) is 94.1 Å². The molecule has 1 saturated carbocycles. The number of pyridine rings is 1. The number of rotatable bonds is 11. The molecule has 1 aliphatic carbocycles. The van der Waals surface area contributed by atoms with Gasteiger partial charge in [-0.05, 0) is 69.1 Å². The summed E-state index contributed by atoms with van der Waals surface area (Å²) in [7, 11) is 0. The second kappa shape index (κ2) is 12.5. The van der Waals surface area contributed by atoms with Crippen molar-refractivity contribution in [3.05, 3.63) is 82.5 Å². The third-order valence-electron chi connectivity index (χ3n) is 7.53. The van der Waals surface area contributed by atoms with Crippen molar-refractivity contribution in [3.63, 3.8) is 0 Å². The van der Waals surface area contributed by atoms with Gasteiger partial charge in [-0.2, -0.15) is 0 Å². The smallest absolute Gasteiger partial charge is 0.128 e. The molecule has 0 N–H and O–H groups in total. The molecular formula is C33H44N2O. The van der Waals surface area contributed by atoms with Gasteiger partial charge in [-0.1, -0.05) is 75.2 Å². The molecule has 4 rings (SSSR count). The van der Waals surface area contributed by atoms with E-state index < -0.39 is 0 Å². The molecule has 0 saturated heterocycles. The monoisotopic (exact) mass is 484 g/mol. The van der Waals surface area contributed by atoms with Gasteiger partial charge in [0.15, 0.2) is 0 Å². The molecule has 36 heavy (non-hydrogen) atoms. The van der Waals surface area contributed by atoms with Crippen molar-refractivity contribution in [3.8, 4) is 17.0 Å². The molecule has 0 radical (unpaired) electrons. The Morgan fingerprint density at radius 2 is 1.58 bits per heavy atom. The van der Waals surface area contributed by atoms with Gasteiger partial charge in [-0.15, -0.1) is 0 Å². The molecule has 0 aliphatic heterocycles. The maximum absolute atomic E-state index is 6.49. The van der Waals surface area contributed by atoms with E-state index in [4.69, 9.17) is 9.72 Å². The highest BCUT2D eigenvalue weighted by Gasteiger charge is 2.23. The number of aromatic nitrogens is 1. The molecule has 3 heteroatoms. The average Bonchev–Trinajstić information content (AvgIpc) is 3.38. The Bertz CT molecular complexity index is 1090.